The van der Waals surface area contributed by atoms with Gasteiger partial charge in [0.25, 0.3) is 10.0 Å². The van der Waals surface area contributed by atoms with Crippen molar-refractivity contribution in [3.8, 4) is 5.75 Å². The van der Waals surface area contributed by atoms with Crippen molar-refractivity contribution >= 4 is 27.5 Å². The smallest absolute Gasteiger partial charge is 0.264 e. The summed E-state index contributed by atoms with van der Waals surface area (Å²) in [6, 6.07) is 17.2. The van der Waals surface area contributed by atoms with Gasteiger partial charge >= 0.3 is 0 Å². The molecule has 1 unspecified atom stereocenters. The Balaban J connectivity index is 2.02. The largest absolute Gasteiger partial charge is 0.497 e. The molecule has 3 aromatic rings. The molecule has 3 aromatic carbocycles. The van der Waals surface area contributed by atoms with Crippen LogP contribution in [0.2, 0.25) is 0 Å². The van der Waals surface area contributed by atoms with Crippen molar-refractivity contribution in [1.29, 1.82) is 0 Å². The fourth-order valence-electron chi connectivity index (χ4n) is 3.73. The number of carbonyl (C=O) groups is 2. The molecule has 0 radical (unpaired) electrons. The van der Waals surface area contributed by atoms with Crippen molar-refractivity contribution < 1.29 is 27.1 Å². The lowest BCUT2D eigenvalue weighted by atomic mass is 10.1. The lowest BCUT2D eigenvalue weighted by Crippen LogP contribution is -2.50. The molecule has 0 bridgehead atoms. The highest BCUT2D eigenvalue weighted by molar-refractivity contribution is 7.92. The minimum Gasteiger partial charge on any atom is -0.497 e. The number of hydrogen-bond donors (Lipinski definition) is 1. The number of methoxy groups -OCH3 is 1. The lowest BCUT2D eigenvalue weighted by Gasteiger charge is -2.31. The van der Waals surface area contributed by atoms with Crippen LogP contribution in [0.4, 0.5) is 10.1 Å². The van der Waals surface area contributed by atoms with Crippen LogP contribution in [0.3, 0.4) is 0 Å². The second-order valence-corrected chi connectivity index (χ2v) is 10.3. The van der Waals surface area contributed by atoms with Crippen LogP contribution in [0.1, 0.15) is 18.1 Å². The Morgan fingerprint density at radius 1 is 1.03 bits per heavy atom. The van der Waals surface area contributed by atoms with E-state index in [2.05, 4.69) is 5.32 Å². The number of anilines is 1. The molecule has 0 spiro atoms. The molecule has 1 atom stereocenters. The van der Waals surface area contributed by atoms with Gasteiger partial charge < -0.3 is 15.0 Å². The zero-order chi connectivity index (χ0) is 27.2. The summed E-state index contributed by atoms with van der Waals surface area (Å²) in [6.45, 7) is 2.82. The highest BCUT2D eigenvalue weighted by atomic mass is 32.2. The Bertz CT molecular complexity index is 1350. The Morgan fingerprint density at radius 2 is 1.68 bits per heavy atom. The number of likely N-dealkylation sites (N-methyl/N-ethyl adjacent to an activating group) is 1. The van der Waals surface area contributed by atoms with E-state index in [0.29, 0.717) is 11.3 Å². The summed E-state index contributed by atoms with van der Waals surface area (Å²) in [5.41, 5.74) is 1.68. The zero-order valence-corrected chi connectivity index (χ0v) is 22.0. The number of rotatable bonds is 10. The van der Waals surface area contributed by atoms with Crippen LogP contribution in [0, 0.1) is 12.7 Å². The van der Waals surface area contributed by atoms with Gasteiger partial charge in [-0.2, -0.15) is 0 Å². The van der Waals surface area contributed by atoms with Crippen LogP contribution in [0.15, 0.2) is 77.7 Å². The normalized spacial score (nSPS) is 11.9. The molecule has 0 aliphatic heterocycles. The zero-order valence-electron chi connectivity index (χ0n) is 21.1. The van der Waals surface area contributed by atoms with Gasteiger partial charge in [-0.1, -0.05) is 29.8 Å². The first kappa shape index (κ1) is 27.7. The van der Waals surface area contributed by atoms with E-state index in [1.54, 1.807) is 43.3 Å². The van der Waals surface area contributed by atoms with Gasteiger partial charge in [0, 0.05) is 13.6 Å². The molecule has 8 nitrogen and oxygen atoms in total. The predicted octanol–water partition coefficient (Wildman–Crippen LogP) is 3.50. The average Bonchev–Trinajstić information content (AvgIpc) is 2.90. The molecule has 0 heterocycles. The minimum absolute atomic E-state index is 0.0195. The van der Waals surface area contributed by atoms with Crippen LogP contribution in [0.25, 0.3) is 0 Å². The molecule has 196 valence electrons. The molecule has 0 aliphatic rings. The number of nitrogens with zero attached hydrogens (tertiary/aromatic N) is 2. The Kier molecular flexibility index (Phi) is 8.88. The predicted molar refractivity (Wildman–Crippen MR) is 139 cm³/mol. The average molecular weight is 528 g/mol. The van der Waals surface area contributed by atoms with E-state index in [0.717, 1.165) is 22.0 Å². The van der Waals surface area contributed by atoms with E-state index in [1.807, 2.05) is 6.92 Å². The summed E-state index contributed by atoms with van der Waals surface area (Å²) in [6.07, 6.45) is 0. The number of amides is 2. The number of sulfonamides is 1. The molecular weight excluding hydrogens is 497 g/mol. The van der Waals surface area contributed by atoms with Gasteiger partial charge in [0.05, 0.1) is 17.7 Å². The monoisotopic (exact) mass is 527 g/mol. The number of aryl methyl sites for hydroxylation is 1. The highest BCUT2D eigenvalue weighted by Crippen LogP contribution is 2.25. The summed E-state index contributed by atoms with van der Waals surface area (Å²) in [5, 5.41) is 2.53. The standard InChI is InChI=1S/C27H30FN3O5S/c1-19-8-14-25(15-9-19)37(34,35)31(23-12-10-22(28)11-13-23)18-26(32)30(20(2)27(33)29-3)17-21-6-5-7-24(16-21)36-4/h5-16,20H,17-18H2,1-4H3,(H,29,33). The second kappa shape index (κ2) is 11.9. The molecule has 2 amide bonds. The topological polar surface area (TPSA) is 96.0 Å². The molecule has 0 saturated carbocycles. The first-order chi connectivity index (χ1) is 17.6. The van der Waals surface area contributed by atoms with E-state index in [-0.39, 0.29) is 17.1 Å². The summed E-state index contributed by atoms with van der Waals surface area (Å²) in [7, 11) is -1.23. The maximum atomic E-state index is 13.7. The van der Waals surface area contributed by atoms with Gasteiger partial charge in [0.2, 0.25) is 11.8 Å². The fraction of sp³-hybridized carbons (Fsp3) is 0.259. The van der Waals surface area contributed by atoms with Crippen LogP contribution < -0.4 is 14.4 Å². The Hall–Kier alpha value is -3.92. The first-order valence-corrected chi connectivity index (χ1v) is 13.0. The van der Waals surface area contributed by atoms with E-state index < -0.39 is 40.2 Å². The summed E-state index contributed by atoms with van der Waals surface area (Å²) in [4.78, 5) is 27.5. The molecule has 0 saturated heterocycles. The summed E-state index contributed by atoms with van der Waals surface area (Å²) < 4.78 is 47.1. The molecule has 0 fully saturated rings. The maximum Gasteiger partial charge on any atom is 0.264 e. The number of carbonyl (C=O) groups excluding carboxylic acids is 2. The van der Waals surface area contributed by atoms with E-state index in [1.165, 1.54) is 43.3 Å². The first-order valence-electron chi connectivity index (χ1n) is 11.6. The molecular formula is C27H30FN3O5S. The second-order valence-electron chi connectivity index (χ2n) is 8.46. The van der Waals surface area contributed by atoms with Gasteiger partial charge in [-0.3, -0.25) is 13.9 Å². The van der Waals surface area contributed by atoms with Crippen molar-refractivity contribution in [1.82, 2.24) is 10.2 Å². The van der Waals surface area contributed by atoms with Crippen molar-refractivity contribution in [2.45, 2.75) is 31.3 Å². The number of ether oxygens (including phenoxy) is 1. The van der Waals surface area contributed by atoms with Crippen LogP contribution in [-0.2, 0) is 26.2 Å². The number of benzene rings is 3. The number of halogens is 1. The number of nitrogens with one attached hydrogen (secondary N) is 1. The fourth-order valence-corrected chi connectivity index (χ4v) is 5.15. The van der Waals surface area contributed by atoms with Crippen LogP contribution in [-0.4, -0.2) is 51.9 Å². The van der Waals surface area contributed by atoms with Gasteiger partial charge in [-0.05, 0) is 67.9 Å². The quantitative estimate of drug-likeness (QED) is 0.436. The van der Waals surface area contributed by atoms with Gasteiger partial charge in [0.1, 0.15) is 24.2 Å². The van der Waals surface area contributed by atoms with Gasteiger partial charge in [-0.25, -0.2) is 12.8 Å². The van der Waals surface area contributed by atoms with Crippen molar-refractivity contribution in [3.05, 3.63) is 89.7 Å². The molecule has 1 N–H and O–H groups in total. The SMILES string of the molecule is CNC(=O)C(C)N(Cc1cccc(OC)c1)C(=O)CN(c1ccc(F)cc1)S(=O)(=O)c1ccc(C)cc1. The van der Waals surface area contributed by atoms with E-state index in [4.69, 9.17) is 4.74 Å². The molecule has 10 heteroatoms. The Morgan fingerprint density at radius 3 is 2.27 bits per heavy atom. The third-order valence-corrected chi connectivity index (χ3v) is 7.69. The third kappa shape index (κ3) is 6.65. The Labute approximate surface area is 216 Å². The summed E-state index contributed by atoms with van der Waals surface area (Å²) in [5.74, 6) is -0.993. The van der Waals surface area contributed by atoms with Crippen molar-refractivity contribution in [2.24, 2.45) is 0 Å². The minimum atomic E-state index is -4.20. The molecule has 0 aromatic heterocycles. The maximum absolute atomic E-state index is 13.7. The molecule has 0 aliphatic carbocycles. The third-order valence-electron chi connectivity index (χ3n) is 5.90. The van der Waals surface area contributed by atoms with Gasteiger partial charge in [0.15, 0.2) is 0 Å². The van der Waals surface area contributed by atoms with Crippen LogP contribution >= 0.6 is 0 Å². The number of hydrogen-bond acceptors (Lipinski definition) is 5. The van der Waals surface area contributed by atoms with E-state index in [9.17, 15) is 22.4 Å². The molecule has 37 heavy (non-hydrogen) atoms. The lowest BCUT2D eigenvalue weighted by molar-refractivity contribution is -0.139. The van der Waals surface area contributed by atoms with Crippen molar-refractivity contribution in [2.75, 3.05) is 25.0 Å². The van der Waals surface area contributed by atoms with Gasteiger partial charge in [-0.15, -0.1) is 0 Å². The van der Waals surface area contributed by atoms with Crippen LogP contribution in [0.5, 0.6) is 5.75 Å². The summed E-state index contributed by atoms with van der Waals surface area (Å²) >= 11 is 0. The van der Waals surface area contributed by atoms with E-state index >= 15 is 0 Å². The highest BCUT2D eigenvalue weighted by Gasteiger charge is 2.32. The molecule has 3 rings (SSSR count). The van der Waals surface area contributed by atoms with Crippen molar-refractivity contribution in [3.63, 3.8) is 0 Å².